The molecule has 0 aliphatic heterocycles. The lowest BCUT2D eigenvalue weighted by Gasteiger charge is -2.22. The van der Waals surface area contributed by atoms with Crippen LogP contribution in [0, 0.1) is 5.41 Å². The number of hydrogen-bond donors (Lipinski definition) is 3. The molecule has 1 aromatic carbocycles. The molecule has 5 N–H and O–H groups in total. The van der Waals surface area contributed by atoms with Crippen LogP contribution >= 0.6 is 0 Å². The number of benzene rings is 1. The molecule has 0 radical (unpaired) electrons. The van der Waals surface area contributed by atoms with Crippen LogP contribution in [0.1, 0.15) is 25.3 Å². The Kier molecular flexibility index (Phi) is 5.52. The molecule has 0 spiro atoms. The van der Waals surface area contributed by atoms with Crippen molar-refractivity contribution in [3.63, 3.8) is 0 Å². The van der Waals surface area contributed by atoms with Gasteiger partial charge in [0.25, 0.3) is 0 Å². The quantitative estimate of drug-likeness (QED) is 0.541. The van der Waals surface area contributed by atoms with E-state index in [-0.39, 0.29) is 5.92 Å². The molecule has 0 bridgehead atoms. The largest absolute Gasteiger partial charge is 0.493 e. The fraction of sp³-hybridized carbons (Fsp3) is 0.429. The van der Waals surface area contributed by atoms with Crippen molar-refractivity contribution in [3.05, 3.63) is 23.8 Å². The Hall–Kier alpha value is -2.08. The number of hydrogen-bond acceptors (Lipinski definition) is 5. The first-order valence-electron chi connectivity index (χ1n) is 6.23. The number of nitrogens with zero attached hydrogens (tertiary/aromatic N) is 1. The minimum Gasteiger partial charge on any atom is -0.493 e. The summed E-state index contributed by atoms with van der Waals surface area (Å²) in [5.74, 6) is 1.26. The summed E-state index contributed by atoms with van der Waals surface area (Å²) < 4.78 is 10.5. The summed E-state index contributed by atoms with van der Waals surface area (Å²) in [4.78, 5) is 4.13. The van der Waals surface area contributed by atoms with E-state index in [9.17, 15) is 0 Å². The lowest BCUT2D eigenvalue weighted by molar-refractivity contribution is 0.354. The molecule has 1 aromatic rings. The monoisotopic (exact) mass is 278 g/mol. The summed E-state index contributed by atoms with van der Waals surface area (Å²) in [7, 11) is 3.14. The maximum absolute atomic E-state index is 7.93. The van der Waals surface area contributed by atoms with E-state index in [1.165, 1.54) is 0 Å². The van der Waals surface area contributed by atoms with Crippen LogP contribution in [0.25, 0.3) is 0 Å². The van der Waals surface area contributed by atoms with E-state index in [2.05, 4.69) is 4.99 Å². The van der Waals surface area contributed by atoms with E-state index < -0.39 is 6.17 Å². The Labute approximate surface area is 119 Å². The summed E-state index contributed by atoms with van der Waals surface area (Å²) in [6, 6.07) is 5.45. The Bertz CT molecular complexity index is 510. The second-order valence-electron chi connectivity index (χ2n) is 4.54. The van der Waals surface area contributed by atoms with Crippen LogP contribution in [0.3, 0.4) is 0 Å². The average molecular weight is 278 g/mol. The molecule has 0 aromatic heterocycles. The number of methoxy groups -OCH3 is 2. The molecule has 0 amide bonds. The molecule has 6 heteroatoms. The minimum absolute atomic E-state index is 0.353. The third-order valence-electron chi connectivity index (χ3n) is 2.93. The van der Waals surface area contributed by atoms with Crippen LogP contribution in [0.5, 0.6) is 11.5 Å². The van der Waals surface area contributed by atoms with Crippen molar-refractivity contribution in [2.45, 2.75) is 25.9 Å². The molecular weight excluding hydrogens is 256 g/mol. The van der Waals surface area contributed by atoms with Gasteiger partial charge in [-0.25, -0.2) is 0 Å². The van der Waals surface area contributed by atoms with E-state index >= 15 is 0 Å². The highest BCUT2D eigenvalue weighted by molar-refractivity contribution is 5.87. The van der Waals surface area contributed by atoms with Gasteiger partial charge < -0.3 is 26.4 Å². The average Bonchev–Trinajstić information content (AvgIpc) is 2.37. The lowest BCUT2D eigenvalue weighted by atomic mass is 9.92. The number of aliphatic imine (C=N–C) groups is 1. The molecule has 0 aliphatic rings. The highest BCUT2D eigenvalue weighted by Crippen LogP contribution is 2.32. The standard InChI is InChI=1S/C14H22N4O2/c1-8(15)13(14(17)18-9(2)16)10-5-6-11(19-3)12(7-10)20-4/h5-7,13-15H,17H2,1-4H3,(H2,16,18). The number of nitrogens with one attached hydrogen (secondary N) is 1. The van der Waals surface area contributed by atoms with E-state index in [1.807, 2.05) is 12.1 Å². The first-order chi connectivity index (χ1) is 9.40. The van der Waals surface area contributed by atoms with Gasteiger partial charge in [-0.1, -0.05) is 6.07 Å². The van der Waals surface area contributed by atoms with Crippen molar-refractivity contribution in [2.75, 3.05) is 14.2 Å². The Morgan fingerprint density at radius 2 is 1.80 bits per heavy atom. The SMILES string of the molecule is COc1ccc(C(C(C)=N)C(N)/N=C(\C)N)cc1OC. The van der Waals surface area contributed by atoms with Gasteiger partial charge in [-0.3, -0.25) is 4.99 Å². The van der Waals surface area contributed by atoms with Gasteiger partial charge in [-0.05, 0) is 31.5 Å². The molecule has 0 heterocycles. The molecule has 110 valence electrons. The molecule has 0 saturated carbocycles. The molecule has 0 saturated heterocycles. The first kappa shape index (κ1) is 16.0. The van der Waals surface area contributed by atoms with E-state index in [0.29, 0.717) is 23.0 Å². The van der Waals surface area contributed by atoms with E-state index in [0.717, 1.165) is 5.56 Å². The minimum atomic E-state index is -0.601. The van der Waals surface area contributed by atoms with Gasteiger partial charge in [0.1, 0.15) is 6.17 Å². The summed E-state index contributed by atoms with van der Waals surface area (Å²) in [6.07, 6.45) is -0.601. The van der Waals surface area contributed by atoms with Gasteiger partial charge in [0, 0.05) is 5.71 Å². The molecule has 2 atom stereocenters. The molecular formula is C14H22N4O2. The van der Waals surface area contributed by atoms with Crippen molar-refractivity contribution in [1.29, 1.82) is 5.41 Å². The number of ether oxygens (including phenoxy) is 2. The third-order valence-corrected chi connectivity index (χ3v) is 2.93. The van der Waals surface area contributed by atoms with E-state index in [4.69, 9.17) is 26.4 Å². The topological polar surface area (TPSA) is 107 Å². The highest BCUT2D eigenvalue weighted by Gasteiger charge is 2.23. The molecule has 2 unspecified atom stereocenters. The van der Waals surface area contributed by atoms with Crippen molar-refractivity contribution in [1.82, 2.24) is 0 Å². The second-order valence-corrected chi connectivity index (χ2v) is 4.54. The predicted octanol–water partition coefficient (Wildman–Crippen LogP) is 1.49. The third kappa shape index (κ3) is 3.71. The lowest BCUT2D eigenvalue weighted by Crippen LogP contribution is -2.32. The van der Waals surface area contributed by atoms with Gasteiger partial charge >= 0.3 is 0 Å². The Morgan fingerprint density at radius 3 is 2.25 bits per heavy atom. The summed E-state index contributed by atoms with van der Waals surface area (Å²) in [6.45, 7) is 3.37. The van der Waals surface area contributed by atoms with Crippen molar-refractivity contribution in [2.24, 2.45) is 16.5 Å². The fourth-order valence-electron chi connectivity index (χ4n) is 2.06. The summed E-state index contributed by atoms with van der Waals surface area (Å²) in [5, 5.41) is 7.93. The van der Waals surface area contributed by atoms with Crippen LogP contribution in [0.15, 0.2) is 23.2 Å². The molecule has 0 fully saturated rings. The van der Waals surface area contributed by atoms with Gasteiger partial charge in [-0.2, -0.15) is 0 Å². The second kappa shape index (κ2) is 6.91. The maximum atomic E-state index is 7.93. The Morgan fingerprint density at radius 1 is 1.20 bits per heavy atom. The predicted molar refractivity (Wildman–Crippen MR) is 81.0 cm³/mol. The van der Waals surface area contributed by atoms with Crippen molar-refractivity contribution in [3.8, 4) is 11.5 Å². The van der Waals surface area contributed by atoms with Gasteiger partial charge in [-0.15, -0.1) is 0 Å². The van der Waals surface area contributed by atoms with Crippen LogP contribution in [0.4, 0.5) is 0 Å². The van der Waals surface area contributed by atoms with Gasteiger partial charge in [0.2, 0.25) is 0 Å². The summed E-state index contributed by atoms with van der Waals surface area (Å²) >= 11 is 0. The first-order valence-corrected chi connectivity index (χ1v) is 6.23. The maximum Gasteiger partial charge on any atom is 0.161 e. The van der Waals surface area contributed by atoms with Crippen LogP contribution in [0.2, 0.25) is 0 Å². The highest BCUT2D eigenvalue weighted by atomic mass is 16.5. The molecule has 20 heavy (non-hydrogen) atoms. The molecule has 0 aliphatic carbocycles. The zero-order valence-corrected chi connectivity index (χ0v) is 12.3. The normalized spacial score (nSPS) is 14.6. The van der Waals surface area contributed by atoms with Gasteiger partial charge in [0.05, 0.1) is 26.0 Å². The van der Waals surface area contributed by atoms with Crippen molar-refractivity contribution >= 4 is 11.5 Å². The zero-order chi connectivity index (χ0) is 15.3. The molecule has 1 rings (SSSR count). The fourth-order valence-corrected chi connectivity index (χ4v) is 2.06. The van der Waals surface area contributed by atoms with Gasteiger partial charge in [0.15, 0.2) is 11.5 Å². The number of amidine groups is 1. The summed E-state index contributed by atoms with van der Waals surface area (Å²) in [5.41, 5.74) is 12.9. The van der Waals surface area contributed by atoms with Crippen LogP contribution < -0.4 is 20.9 Å². The number of nitrogens with two attached hydrogens (primary N) is 2. The van der Waals surface area contributed by atoms with E-state index in [1.54, 1.807) is 34.1 Å². The van der Waals surface area contributed by atoms with Crippen LogP contribution in [-0.2, 0) is 0 Å². The zero-order valence-electron chi connectivity index (χ0n) is 12.3. The smallest absolute Gasteiger partial charge is 0.161 e. The molecule has 6 nitrogen and oxygen atoms in total. The number of rotatable bonds is 6. The van der Waals surface area contributed by atoms with Crippen molar-refractivity contribution < 1.29 is 9.47 Å². The van der Waals surface area contributed by atoms with Crippen LogP contribution in [-0.4, -0.2) is 31.9 Å². The Balaban J connectivity index is 3.22.